The zero-order valence-electron chi connectivity index (χ0n) is 11.8. The smallest absolute Gasteiger partial charge is 0.247 e. The number of amides is 1. The van der Waals surface area contributed by atoms with Crippen molar-refractivity contribution >= 4 is 15.7 Å². The maximum absolute atomic E-state index is 12.1. The lowest BCUT2D eigenvalue weighted by atomic mass is 10.0. The standard InChI is InChI=1S/C15H19NO4S/c1-12-7-9-16(14(12)11-17)15(18)8-10-21(19,20)13-5-3-2-4-6-13/h2-6,8,10,12,14,17H,7,9,11H2,1H3/b10-8+. The summed E-state index contributed by atoms with van der Waals surface area (Å²) in [5.41, 5.74) is 0. The molecule has 0 spiro atoms. The molecule has 2 atom stereocenters. The Morgan fingerprint density at radius 3 is 2.67 bits per heavy atom. The van der Waals surface area contributed by atoms with Crippen molar-refractivity contribution in [3.05, 3.63) is 41.8 Å². The van der Waals surface area contributed by atoms with E-state index in [0.29, 0.717) is 6.54 Å². The summed E-state index contributed by atoms with van der Waals surface area (Å²) in [5, 5.41) is 10.3. The van der Waals surface area contributed by atoms with Gasteiger partial charge in [0.1, 0.15) is 0 Å². The summed E-state index contributed by atoms with van der Waals surface area (Å²) < 4.78 is 24.1. The van der Waals surface area contributed by atoms with E-state index in [1.165, 1.54) is 17.0 Å². The Kier molecular flexibility index (Phi) is 4.80. The first-order valence-electron chi connectivity index (χ1n) is 6.85. The van der Waals surface area contributed by atoms with Gasteiger partial charge in [0, 0.05) is 18.0 Å². The first kappa shape index (κ1) is 15.7. The molecule has 1 aromatic rings. The molecule has 1 fully saturated rings. The summed E-state index contributed by atoms with van der Waals surface area (Å²) in [4.78, 5) is 13.8. The van der Waals surface area contributed by atoms with E-state index in [0.717, 1.165) is 17.9 Å². The van der Waals surface area contributed by atoms with E-state index in [1.807, 2.05) is 6.92 Å². The highest BCUT2D eigenvalue weighted by atomic mass is 32.2. The molecule has 1 aromatic carbocycles. The minimum atomic E-state index is -3.61. The lowest BCUT2D eigenvalue weighted by molar-refractivity contribution is -0.127. The average molecular weight is 309 g/mol. The van der Waals surface area contributed by atoms with Crippen LogP contribution in [0.5, 0.6) is 0 Å². The summed E-state index contributed by atoms with van der Waals surface area (Å²) in [6.45, 7) is 2.41. The molecule has 2 rings (SSSR count). The van der Waals surface area contributed by atoms with E-state index in [2.05, 4.69) is 0 Å². The van der Waals surface area contributed by atoms with Crippen molar-refractivity contribution in [3.8, 4) is 0 Å². The Hall–Kier alpha value is -1.66. The number of benzene rings is 1. The maximum Gasteiger partial charge on any atom is 0.247 e. The van der Waals surface area contributed by atoms with Crippen LogP contribution in [-0.2, 0) is 14.6 Å². The number of hydrogen-bond donors (Lipinski definition) is 1. The molecule has 6 heteroatoms. The predicted molar refractivity (Wildman–Crippen MR) is 79.1 cm³/mol. The van der Waals surface area contributed by atoms with Crippen LogP contribution in [0.3, 0.4) is 0 Å². The molecule has 1 aliphatic heterocycles. The summed E-state index contributed by atoms with van der Waals surface area (Å²) in [7, 11) is -3.61. The van der Waals surface area contributed by atoms with E-state index in [9.17, 15) is 18.3 Å². The van der Waals surface area contributed by atoms with Crippen LogP contribution in [0.25, 0.3) is 0 Å². The molecule has 21 heavy (non-hydrogen) atoms. The molecule has 1 saturated heterocycles. The van der Waals surface area contributed by atoms with Crippen LogP contribution >= 0.6 is 0 Å². The van der Waals surface area contributed by atoms with Crippen LogP contribution in [0.2, 0.25) is 0 Å². The molecule has 5 nitrogen and oxygen atoms in total. The van der Waals surface area contributed by atoms with Gasteiger partial charge in [0.15, 0.2) is 9.84 Å². The van der Waals surface area contributed by atoms with Gasteiger partial charge in [-0.1, -0.05) is 25.1 Å². The van der Waals surface area contributed by atoms with Gasteiger partial charge in [0.05, 0.1) is 17.5 Å². The molecule has 1 aliphatic rings. The fraction of sp³-hybridized carbons (Fsp3) is 0.400. The average Bonchev–Trinajstić information content (AvgIpc) is 2.86. The molecule has 0 bridgehead atoms. The summed E-state index contributed by atoms with van der Waals surface area (Å²) in [5.74, 6) is -0.156. The first-order chi connectivity index (χ1) is 9.95. The highest BCUT2D eigenvalue weighted by molar-refractivity contribution is 7.94. The van der Waals surface area contributed by atoms with E-state index in [-0.39, 0.29) is 29.4 Å². The van der Waals surface area contributed by atoms with Gasteiger partial charge in [-0.2, -0.15) is 0 Å². The topological polar surface area (TPSA) is 74.7 Å². The Morgan fingerprint density at radius 2 is 2.05 bits per heavy atom. The lowest BCUT2D eigenvalue weighted by Crippen LogP contribution is -2.38. The first-order valence-corrected chi connectivity index (χ1v) is 8.40. The van der Waals surface area contributed by atoms with Crippen LogP contribution < -0.4 is 0 Å². The maximum atomic E-state index is 12.1. The zero-order valence-corrected chi connectivity index (χ0v) is 12.7. The van der Waals surface area contributed by atoms with Crippen molar-refractivity contribution < 1.29 is 18.3 Å². The fourth-order valence-electron chi connectivity index (χ4n) is 2.49. The molecule has 2 unspecified atom stereocenters. The van der Waals surface area contributed by atoms with Gasteiger partial charge in [-0.05, 0) is 24.5 Å². The molecule has 1 heterocycles. The molecule has 1 N–H and O–H groups in total. The molecule has 0 saturated carbocycles. The van der Waals surface area contributed by atoms with Crippen molar-refractivity contribution in [1.82, 2.24) is 4.90 Å². The third kappa shape index (κ3) is 3.51. The van der Waals surface area contributed by atoms with Crippen LogP contribution in [0.1, 0.15) is 13.3 Å². The minimum absolute atomic E-state index is 0.105. The molecular weight excluding hydrogens is 290 g/mol. The van der Waals surface area contributed by atoms with Gasteiger partial charge < -0.3 is 10.0 Å². The van der Waals surface area contributed by atoms with Crippen molar-refractivity contribution in [2.24, 2.45) is 5.92 Å². The summed E-state index contributed by atoms with van der Waals surface area (Å²) in [6, 6.07) is 7.73. The molecule has 0 radical (unpaired) electrons. The number of sulfone groups is 1. The van der Waals surface area contributed by atoms with Crippen molar-refractivity contribution in [2.45, 2.75) is 24.3 Å². The largest absolute Gasteiger partial charge is 0.394 e. The van der Waals surface area contributed by atoms with Crippen LogP contribution in [0.4, 0.5) is 0 Å². The van der Waals surface area contributed by atoms with Crippen molar-refractivity contribution in [2.75, 3.05) is 13.2 Å². The molecule has 114 valence electrons. The normalized spacial score (nSPS) is 22.9. The third-order valence-corrected chi connectivity index (χ3v) is 5.24. The number of carbonyl (C=O) groups excluding carboxylic acids is 1. The van der Waals surface area contributed by atoms with E-state index >= 15 is 0 Å². The second kappa shape index (κ2) is 6.41. The number of likely N-dealkylation sites (tertiary alicyclic amines) is 1. The molecule has 0 aliphatic carbocycles. The number of carbonyl (C=O) groups is 1. The third-order valence-electron chi connectivity index (χ3n) is 3.81. The molecule has 1 amide bonds. The van der Waals surface area contributed by atoms with Crippen LogP contribution in [0, 0.1) is 5.92 Å². The van der Waals surface area contributed by atoms with Gasteiger partial charge in [-0.25, -0.2) is 8.42 Å². The van der Waals surface area contributed by atoms with Crippen molar-refractivity contribution in [3.63, 3.8) is 0 Å². The highest BCUT2D eigenvalue weighted by Crippen LogP contribution is 2.24. The minimum Gasteiger partial charge on any atom is -0.394 e. The highest BCUT2D eigenvalue weighted by Gasteiger charge is 2.32. The quantitative estimate of drug-likeness (QED) is 0.848. The van der Waals surface area contributed by atoms with Gasteiger partial charge >= 0.3 is 0 Å². The summed E-state index contributed by atoms with van der Waals surface area (Å²) in [6.07, 6.45) is 1.89. The monoisotopic (exact) mass is 309 g/mol. The Labute approximate surface area is 124 Å². The number of hydrogen-bond acceptors (Lipinski definition) is 4. The second-order valence-corrected chi connectivity index (χ2v) is 7.04. The Balaban J connectivity index is 2.12. The molecular formula is C15H19NO4S. The number of rotatable bonds is 4. The van der Waals surface area contributed by atoms with E-state index in [4.69, 9.17) is 0 Å². The van der Waals surface area contributed by atoms with Crippen LogP contribution in [-0.4, -0.2) is 43.5 Å². The van der Waals surface area contributed by atoms with Gasteiger partial charge in [-0.3, -0.25) is 4.79 Å². The second-order valence-electron chi connectivity index (χ2n) is 5.21. The summed E-state index contributed by atoms with van der Waals surface area (Å²) >= 11 is 0. The predicted octanol–water partition coefficient (Wildman–Crippen LogP) is 1.20. The Morgan fingerprint density at radius 1 is 1.38 bits per heavy atom. The van der Waals surface area contributed by atoms with Crippen LogP contribution in [0.15, 0.2) is 46.7 Å². The van der Waals surface area contributed by atoms with Gasteiger partial charge in [0.25, 0.3) is 0 Å². The number of aliphatic hydroxyl groups is 1. The van der Waals surface area contributed by atoms with Gasteiger partial charge in [0.2, 0.25) is 5.91 Å². The van der Waals surface area contributed by atoms with Gasteiger partial charge in [-0.15, -0.1) is 0 Å². The molecule has 0 aromatic heterocycles. The SMILES string of the molecule is CC1CCN(C(=O)/C=C/S(=O)(=O)c2ccccc2)C1CO. The van der Waals surface area contributed by atoms with Crippen molar-refractivity contribution in [1.29, 1.82) is 0 Å². The Bertz CT molecular complexity index is 624. The zero-order chi connectivity index (χ0) is 15.5. The number of aliphatic hydroxyl groups excluding tert-OH is 1. The van der Waals surface area contributed by atoms with E-state index < -0.39 is 9.84 Å². The number of nitrogens with zero attached hydrogens (tertiary/aromatic N) is 1. The fourth-order valence-corrected chi connectivity index (χ4v) is 3.48. The van der Waals surface area contributed by atoms with E-state index in [1.54, 1.807) is 18.2 Å². The lowest BCUT2D eigenvalue weighted by Gasteiger charge is -2.23.